The van der Waals surface area contributed by atoms with Crippen molar-refractivity contribution in [1.82, 2.24) is 15.0 Å². The molecule has 1 N–H and O–H groups in total. The van der Waals surface area contributed by atoms with E-state index in [1.54, 1.807) is 0 Å². The van der Waals surface area contributed by atoms with Crippen LogP contribution in [0.4, 0.5) is 0 Å². The molecular weight excluding hydrogens is 450 g/mol. The maximum Gasteiger partial charge on any atom is 0.306 e. The van der Waals surface area contributed by atoms with E-state index in [9.17, 15) is 4.79 Å². The van der Waals surface area contributed by atoms with Crippen molar-refractivity contribution >= 4 is 18.4 Å². The lowest BCUT2D eigenvalue weighted by atomic mass is 9.84. The first-order valence-corrected chi connectivity index (χ1v) is 12.1. The average Bonchev–Trinajstić information content (AvgIpc) is 3.36. The van der Waals surface area contributed by atoms with Crippen molar-refractivity contribution in [3.8, 4) is 22.8 Å². The Bertz CT molecular complexity index is 1070. The maximum atomic E-state index is 11.1. The number of likely N-dealkylation sites (tertiary alicyclic amines) is 1. The summed E-state index contributed by atoms with van der Waals surface area (Å²) in [5, 5.41) is 13.3. The van der Waals surface area contributed by atoms with Crippen molar-refractivity contribution in [3.05, 3.63) is 59.7 Å². The summed E-state index contributed by atoms with van der Waals surface area (Å²) in [6.45, 7) is 2.48. The summed E-state index contributed by atoms with van der Waals surface area (Å²) in [4.78, 5) is 18.1. The minimum atomic E-state index is -0.668. The Kier molecular flexibility index (Phi) is 8.01. The van der Waals surface area contributed by atoms with Crippen molar-refractivity contribution in [2.24, 2.45) is 5.92 Å². The molecular formula is C27H32ClN3O3. The van der Waals surface area contributed by atoms with Crippen LogP contribution in [0.15, 0.2) is 53.1 Å². The van der Waals surface area contributed by atoms with E-state index in [1.165, 1.54) is 43.2 Å². The molecule has 0 unspecified atom stereocenters. The van der Waals surface area contributed by atoms with Gasteiger partial charge >= 0.3 is 5.97 Å². The second-order valence-corrected chi connectivity index (χ2v) is 9.47. The first kappa shape index (κ1) is 24.4. The largest absolute Gasteiger partial charge is 0.481 e. The molecule has 1 aromatic heterocycles. The molecule has 1 aliphatic heterocycles. The van der Waals surface area contributed by atoms with E-state index in [2.05, 4.69) is 51.4 Å². The van der Waals surface area contributed by atoms with E-state index in [1.807, 2.05) is 12.1 Å². The molecule has 180 valence electrons. The Morgan fingerprint density at radius 1 is 0.912 bits per heavy atom. The standard InChI is InChI=1S/C27H31N3O3.ClH/c31-27(32)24-14-16-30(17-15-24)18-19-6-8-22(9-7-19)25-28-26(33-29-25)23-12-10-21(11-13-23)20-4-2-1-3-5-20;/h6-13,20,24H,1-5,14-18H2,(H,31,32);1H. The lowest BCUT2D eigenvalue weighted by Gasteiger charge is -2.30. The molecule has 1 aliphatic carbocycles. The van der Waals surface area contributed by atoms with Gasteiger partial charge in [-0.25, -0.2) is 0 Å². The number of rotatable bonds is 6. The molecule has 0 atom stereocenters. The highest BCUT2D eigenvalue weighted by Crippen LogP contribution is 2.33. The van der Waals surface area contributed by atoms with Crippen molar-refractivity contribution < 1.29 is 14.4 Å². The van der Waals surface area contributed by atoms with Crippen LogP contribution in [0.5, 0.6) is 0 Å². The molecule has 2 heterocycles. The third-order valence-corrected chi connectivity index (χ3v) is 7.22. The summed E-state index contributed by atoms with van der Waals surface area (Å²) in [7, 11) is 0. The van der Waals surface area contributed by atoms with Gasteiger partial charge in [-0.05, 0) is 68.0 Å². The predicted molar refractivity (Wildman–Crippen MR) is 134 cm³/mol. The number of nitrogens with zero attached hydrogens (tertiary/aromatic N) is 3. The number of aliphatic carboxylic acids is 1. The fraction of sp³-hybridized carbons (Fsp3) is 0.444. The van der Waals surface area contributed by atoms with Crippen LogP contribution in [0.2, 0.25) is 0 Å². The highest BCUT2D eigenvalue weighted by molar-refractivity contribution is 5.85. The lowest BCUT2D eigenvalue weighted by molar-refractivity contribution is -0.143. The maximum absolute atomic E-state index is 11.1. The molecule has 0 amide bonds. The second kappa shape index (κ2) is 11.2. The minimum absolute atomic E-state index is 0. The number of benzene rings is 2. The average molecular weight is 482 g/mol. The molecule has 1 saturated heterocycles. The van der Waals surface area contributed by atoms with Crippen LogP contribution in [0.25, 0.3) is 22.8 Å². The Morgan fingerprint density at radius 2 is 1.56 bits per heavy atom. The highest BCUT2D eigenvalue weighted by Gasteiger charge is 2.24. The van der Waals surface area contributed by atoms with Gasteiger partial charge in [0.05, 0.1) is 5.92 Å². The highest BCUT2D eigenvalue weighted by atomic mass is 35.5. The fourth-order valence-corrected chi connectivity index (χ4v) is 5.15. The van der Waals surface area contributed by atoms with E-state index < -0.39 is 5.97 Å². The normalized spacial score (nSPS) is 17.9. The molecule has 7 heteroatoms. The van der Waals surface area contributed by atoms with Crippen LogP contribution >= 0.6 is 12.4 Å². The fourth-order valence-electron chi connectivity index (χ4n) is 5.15. The number of halogens is 1. The first-order valence-electron chi connectivity index (χ1n) is 12.1. The molecule has 5 rings (SSSR count). The van der Waals surface area contributed by atoms with Crippen molar-refractivity contribution in [3.63, 3.8) is 0 Å². The third-order valence-electron chi connectivity index (χ3n) is 7.22. The SMILES string of the molecule is Cl.O=C(O)C1CCN(Cc2ccc(-c3noc(-c4ccc(C5CCCCC5)cc4)n3)cc2)CC1. The zero-order valence-electron chi connectivity index (χ0n) is 19.4. The molecule has 0 bridgehead atoms. The van der Waals surface area contributed by atoms with Crippen LogP contribution in [0.3, 0.4) is 0 Å². The first-order chi connectivity index (χ1) is 16.2. The van der Waals surface area contributed by atoms with Gasteiger partial charge in [0.15, 0.2) is 0 Å². The van der Waals surface area contributed by atoms with E-state index >= 15 is 0 Å². The molecule has 0 spiro atoms. The van der Waals surface area contributed by atoms with Crippen LogP contribution in [0.1, 0.15) is 62.0 Å². The van der Waals surface area contributed by atoms with Gasteiger partial charge < -0.3 is 9.63 Å². The van der Waals surface area contributed by atoms with Gasteiger partial charge in [-0.1, -0.05) is 60.8 Å². The molecule has 34 heavy (non-hydrogen) atoms. The molecule has 6 nitrogen and oxygen atoms in total. The Hall–Kier alpha value is -2.70. The summed E-state index contributed by atoms with van der Waals surface area (Å²) >= 11 is 0. The van der Waals surface area contributed by atoms with Gasteiger partial charge in [0, 0.05) is 17.7 Å². The summed E-state index contributed by atoms with van der Waals surface area (Å²) in [6, 6.07) is 16.9. The van der Waals surface area contributed by atoms with E-state index in [0.29, 0.717) is 17.6 Å². The van der Waals surface area contributed by atoms with Crippen molar-refractivity contribution in [1.29, 1.82) is 0 Å². The van der Waals surface area contributed by atoms with Gasteiger partial charge in [-0.3, -0.25) is 9.69 Å². The molecule has 0 radical (unpaired) electrons. The number of hydrogen-bond donors (Lipinski definition) is 1. The molecule has 2 aromatic carbocycles. The quantitative estimate of drug-likeness (QED) is 0.453. The molecule has 2 aliphatic rings. The summed E-state index contributed by atoms with van der Waals surface area (Å²) < 4.78 is 5.55. The number of hydrogen-bond acceptors (Lipinski definition) is 5. The van der Waals surface area contributed by atoms with Gasteiger partial charge in [0.1, 0.15) is 0 Å². The van der Waals surface area contributed by atoms with Crippen LogP contribution in [0, 0.1) is 5.92 Å². The third kappa shape index (κ3) is 5.68. The van der Waals surface area contributed by atoms with Crippen molar-refractivity contribution in [2.75, 3.05) is 13.1 Å². The molecule has 2 fully saturated rings. The Labute approximate surface area is 206 Å². The van der Waals surface area contributed by atoms with Crippen LogP contribution in [-0.2, 0) is 11.3 Å². The summed E-state index contributed by atoms with van der Waals surface area (Å²) in [5.74, 6) is 0.965. The smallest absolute Gasteiger partial charge is 0.306 e. The van der Waals surface area contributed by atoms with Crippen LogP contribution < -0.4 is 0 Å². The Morgan fingerprint density at radius 3 is 2.21 bits per heavy atom. The van der Waals surface area contributed by atoms with E-state index in [4.69, 9.17) is 9.63 Å². The number of carboxylic acids is 1. The lowest BCUT2D eigenvalue weighted by Crippen LogP contribution is -2.35. The summed E-state index contributed by atoms with van der Waals surface area (Å²) in [6.07, 6.45) is 8.07. The zero-order chi connectivity index (χ0) is 22.6. The summed E-state index contributed by atoms with van der Waals surface area (Å²) in [5.41, 5.74) is 4.50. The van der Waals surface area contributed by atoms with Gasteiger partial charge in [-0.15, -0.1) is 12.4 Å². The van der Waals surface area contributed by atoms with Gasteiger partial charge in [0.2, 0.25) is 5.82 Å². The van der Waals surface area contributed by atoms with Crippen LogP contribution in [-0.4, -0.2) is 39.2 Å². The zero-order valence-corrected chi connectivity index (χ0v) is 20.2. The van der Waals surface area contributed by atoms with E-state index in [-0.39, 0.29) is 18.3 Å². The van der Waals surface area contributed by atoms with Gasteiger partial charge in [0.25, 0.3) is 5.89 Å². The number of piperidine rings is 1. The second-order valence-electron chi connectivity index (χ2n) is 9.47. The number of carbonyl (C=O) groups is 1. The number of carboxylic acid groups (broad SMARTS) is 1. The molecule has 1 saturated carbocycles. The number of aromatic nitrogens is 2. The Balaban J connectivity index is 0.00000274. The minimum Gasteiger partial charge on any atom is -0.481 e. The monoisotopic (exact) mass is 481 g/mol. The van der Waals surface area contributed by atoms with Gasteiger partial charge in [-0.2, -0.15) is 4.98 Å². The topological polar surface area (TPSA) is 79.5 Å². The van der Waals surface area contributed by atoms with E-state index in [0.717, 1.165) is 43.6 Å². The predicted octanol–water partition coefficient (Wildman–Crippen LogP) is 6.17. The van der Waals surface area contributed by atoms with Crippen molar-refractivity contribution in [2.45, 2.75) is 57.4 Å². The molecule has 3 aromatic rings.